The van der Waals surface area contributed by atoms with Crippen LogP contribution >= 0.6 is 12.4 Å². The number of anilines is 1. The van der Waals surface area contributed by atoms with Gasteiger partial charge in [-0.05, 0) is 18.6 Å². The molecule has 0 spiro atoms. The number of halogens is 1. The van der Waals surface area contributed by atoms with Gasteiger partial charge >= 0.3 is 0 Å². The number of hydrogen-bond acceptors (Lipinski definition) is 4. The quantitative estimate of drug-likeness (QED) is 0.209. The number of nitrogens with zero attached hydrogens (tertiary/aromatic N) is 2. The van der Waals surface area contributed by atoms with Gasteiger partial charge in [-0.2, -0.15) is 0 Å². The van der Waals surface area contributed by atoms with Gasteiger partial charge in [0.05, 0.1) is 4.92 Å². The summed E-state index contributed by atoms with van der Waals surface area (Å²) in [5, 5.41) is 10.7. The Labute approximate surface area is 118 Å². The van der Waals surface area contributed by atoms with Crippen molar-refractivity contribution in [1.29, 1.82) is 0 Å². The molecular weight excluding hydrogens is 268 g/mol. The van der Waals surface area contributed by atoms with Gasteiger partial charge in [0.25, 0.3) is 5.69 Å². The smallest absolute Gasteiger partial charge is 0.292 e. The van der Waals surface area contributed by atoms with Gasteiger partial charge in [0.15, 0.2) is 0 Å². The van der Waals surface area contributed by atoms with Crippen LogP contribution in [-0.4, -0.2) is 17.3 Å². The second kappa shape index (κ2) is 8.31. The van der Waals surface area contributed by atoms with Gasteiger partial charge in [0.1, 0.15) is 11.5 Å². The fraction of sp³-hybridized carbons (Fsp3) is 0.417. The summed E-state index contributed by atoms with van der Waals surface area (Å²) in [5.74, 6) is 0.314. The topological polar surface area (TPSA) is 108 Å². The highest BCUT2D eigenvalue weighted by Gasteiger charge is 2.13. The van der Waals surface area contributed by atoms with Crippen molar-refractivity contribution in [2.24, 2.45) is 10.7 Å². The molecule has 1 rings (SSSR count). The van der Waals surface area contributed by atoms with E-state index in [1.165, 1.54) is 12.1 Å². The second-order valence-corrected chi connectivity index (χ2v) is 4.00. The first-order chi connectivity index (χ1) is 8.56. The Kier molecular flexibility index (Phi) is 7.52. The largest absolute Gasteiger partial charge is 0.393 e. The second-order valence-electron chi connectivity index (χ2n) is 4.00. The van der Waals surface area contributed by atoms with Crippen molar-refractivity contribution in [1.82, 2.24) is 0 Å². The van der Waals surface area contributed by atoms with E-state index in [1.807, 2.05) is 0 Å². The molecule has 0 fully saturated rings. The fourth-order valence-corrected chi connectivity index (χ4v) is 1.51. The fourth-order valence-electron chi connectivity index (χ4n) is 1.51. The van der Waals surface area contributed by atoms with Crippen molar-refractivity contribution in [2.75, 3.05) is 12.3 Å². The van der Waals surface area contributed by atoms with Gasteiger partial charge in [-0.15, -0.1) is 12.4 Å². The molecule has 0 unspecified atom stereocenters. The molecule has 19 heavy (non-hydrogen) atoms. The predicted octanol–water partition coefficient (Wildman–Crippen LogP) is 2.49. The molecule has 7 heteroatoms. The molecular formula is C12H19ClN4O2. The first-order valence-electron chi connectivity index (χ1n) is 5.90. The van der Waals surface area contributed by atoms with Gasteiger partial charge in [-0.25, -0.2) is 0 Å². The molecule has 0 heterocycles. The van der Waals surface area contributed by atoms with Crippen LogP contribution in [0.2, 0.25) is 0 Å². The molecule has 0 atom stereocenters. The number of nitrogens with two attached hydrogens (primary N) is 2. The molecule has 0 saturated heterocycles. The van der Waals surface area contributed by atoms with Crippen molar-refractivity contribution in [3.8, 4) is 0 Å². The predicted molar refractivity (Wildman–Crippen MR) is 79.9 cm³/mol. The molecule has 1 aromatic rings. The Hall–Kier alpha value is -1.82. The summed E-state index contributed by atoms with van der Waals surface area (Å²) in [5.41, 5.74) is 11.8. The number of rotatable bonds is 6. The molecule has 0 amide bonds. The van der Waals surface area contributed by atoms with E-state index >= 15 is 0 Å². The van der Waals surface area contributed by atoms with E-state index in [0.29, 0.717) is 17.9 Å². The number of aliphatic imine (C=N–C) groups is 1. The SMILES string of the molecule is CCCCCN=C(N)c1ccc(N)c([N+](=O)[O-])c1.Cl. The molecule has 0 aliphatic heterocycles. The van der Waals surface area contributed by atoms with Crippen molar-refractivity contribution in [3.63, 3.8) is 0 Å². The van der Waals surface area contributed by atoms with Crippen molar-refractivity contribution in [3.05, 3.63) is 33.9 Å². The Balaban J connectivity index is 0.00000324. The Morgan fingerprint density at radius 1 is 1.42 bits per heavy atom. The molecule has 0 saturated carbocycles. The Bertz CT molecular complexity index is 463. The highest BCUT2D eigenvalue weighted by Crippen LogP contribution is 2.22. The molecule has 6 nitrogen and oxygen atoms in total. The minimum atomic E-state index is -0.525. The van der Waals surface area contributed by atoms with Crippen molar-refractivity contribution >= 4 is 29.6 Å². The molecule has 106 valence electrons. The molecule has 1 aromatic carbocycles. The van der Waals surface area contributed by atoms with E-state index < -0.39 is 4.92 Å². The zero-order valence-electron chi connectivity index (χ0n) is 10.8. The highest BCUT2D eigenvalue weighted by atomic mass is 35.5. The van der Waals surface area contributed by atoms with Gasteiger partial charge < -0.3 is 11.5 Å². The zero-order valence-corrected chi connectivity index (χ0v) is 11.7. The van der Waals surface area contributed by atoms with Gasteiger partial charge in [-0.3, -0.25) is 15.1 Å². The average molecular weight is 287 g/mol. The summed E-state index contributed by atoms with van der Waals surface area (Å²) in [7, 11) is 0. The number of amidine groups is 1. The van der Waals surface area contributed by atoms with E-state index in [-0.39, 0.29) is 23.8 Å². The number of unbranched alkanes of at least 4 members (excludes halogenated alkanes) is 2. The Morgan fingerprint density at radius 2 is 2.11 bits per heavy atom. The van der Waals surface area contributed by atoms with Crippen LogP contribution < -0.4 is 11.5 Å². The molecule has 0 aliphatic rings. The average Bonchev–Trinajstić information content (AvgIpc) is 2.34. The highest BCUT2D eigenvalue weighted by molar-refractivity contribution is 5.98. The molecule has 0 aromatic heterocycles. The van der Waals surface area contributed by atoms with E-state index in [1.54, 1.807) is 6.07 Å². The summed E-state index contributed by atoms with van der Waals surface area (Å²) >= 11 is 0. The number of hydrogen-bond donors (Lipinski definition) is 2. The number of nitrogen functional groups attached to an aromatic ring is 1. The normalized spacial score (nSPS) is 10.9. The van der Waals surface area contributed by atoms with Crippen LogP contribution in [0.4, 0.5) is 11.4 Å². The summed E-state index contributed by atoms with van der Waals surface area (Å²) < 4.78 is 0. The van der Waals surface area contributed by atoms with Crippen LogP contribution in [0.3, 0.4) is 0 Å². The van der Waals surface area contributed by atoms with Gasteiger partial charge in [0, 0.05) is 18.2 Å². The molecule has 0 radical (unpaired) electrons. The minimum Gasteiger partial charge on any atom is -0.393 e. The van der Waals surface area contributed by atoms with E-state index in [4.69, 9.17) is 11.5 Å². The number of benzene rings is 1. The maximum Gasteiger partial charge on any atom is 0.292 e. The van der Waals surface area contributed by atoms with E-state index in [0.717, 1.165) is 19.3 Å². The number of nitro groups is 1. The summed E-state index contributed by atoms with van der Waals surface area (Å²) in [6.45, 7) is 2.74. The van der Waals surface area contributed by atoms with E-state index in [9.17, 15) is 10.1 Å². The molecule has 0 aliphatic carbocycles. The lowest BCUT2D eigenvalue weighted by Gasteiger charge is -2.03. The summed E-state index contributed by atoms with van der Waals surface area (Å²) in [6, 6.07) is 4.47. The third kappa shape index (κ3) is 5.13. The standard InChI is InChI=1S/C12H18N4O2.ClH/c1-2-3-4-7-15-12(14)9-5-6-10(13)11(8-9)16(17)18;/h5-6,8H,2-4,7,13H2,1H3,(H2,14,15);1H. The van der Waals surface area contributed by atoms with Crippen LogP contribution in [0.25, 0.3) is 0 Å². The van der Waals surface area contributed by atoms with Crippen LogP contribution in [0, 0.1) is 10.1 Å². The van der Waals surface area contributed by atoms with Crippen LogP contribution in [0.15, 0.2) is 23.2 Å². The third-order valence-electron chi connectivity index (χ3n) is 2.57. The number of nitro benzene ring substituents is 1. The third-order valence-corrected chi connectivity index (χ3v) is 2.57. The summed E-state index contributed by atoms with van der Waals surface area (Å²) in [4.78, 5) is 14.4. The lowest BCUT2D eigenvalue weighted by molar-refractivity contribution is -0.383. The molecule has 4 N–H and O–H groups in total. The maximum absolute atomic E-state index is 10.7. The summed E-state index contributed by atoms with van der Waals surface area (Å²) in [6.07, 6.45) is 3.18. The monoisotopic (exact) mass is 286 g/mol. The van der Waals surface area contributed by atoms with Gasteiger partial charge in [-0.1, -0.05) is 19.8 Å². The van der Waals surface area contributed by atoms with Crippen molar-refractivity contribution in [2.45, 2.75) is 26.2 Å². The first-order valence-corrected chi connectivity index (χ1v) is 5.90. The minimum absolute atomic E-state index is 0. The van der Waals surface area contributed by atoms with Gasteiger partial charge in [0.2, 0.25) is 0 Å². The maximum atomic E-state index is 10.7. The first kappa shape index (κ1) is 17.2. The van der Waals surface area contributed by atoms with Crippen LogP contribution in [-0.2, 0) is 0 Å². The van der Waals surface area contributed by atoms with Crippen molar-refractivity contribution < 1.29 is 4.92 Å². The molecule has 0 bridgehead atoms. The van der Waals surface area contributed by atoms with Crippen LogP contribution in [0.5, 0.6) is 0 Å². The lowest BCUT2D eigenvalue weighted by atomic mass is 10.1. The van der Waals surface area contributed by atoms with Crippen LogP contribution in [0.1, 0.15) is 31.7 Å². The van der Waals surface area contributed by atoms with E-state index in [2.05, 4.69) is 11.9 Å². The lowest BCUT2D eigenvalue weighted by Crippen LogP contribution is -2.14. The Morgan fingerprint density at radius 3 is 2.68 bits per heavy atom. The zero-order chi connectivity index (χ0) is 13.5.